The van der Waals surface area contributed by atoms with E-state index >= 15 is 0 Å². The van der Waals surface area contributed by atoms with Crippen LogP contribution in [-0.4, -0.2) is 29.1 Å². The molecule has 0 saturated carbocycles. The van der Waals surface area contributed by atoms with Crippen LogP contribution in [0.15, 0.2) is 199 Å². The van der Waals surface area contributed by atoms with Crippen molar-refractivity contribution in [2.45, 2.75) is 0 Å². The van der Waals surface area contributed by atoms with E-state index in [1.807, 2.05) is 78.9 Å². The molecular formula is C52H32N6O. The van der Waals surface area contributed by atoms with E-state index in [9.17, 15) is 0 Å². The van der Waals surface area contributed by atoms with Crippen molar-refractivity contribution in [2.75, 3.05) is 0 Å². The lowest BCUT2D eigenvalue weighted by Crippen LogP contribution is -2.07. The van der Waals surface area contributed by atoms with Crippen molar-refractivity contribution in [3.8, 4) is 57.0 Å². The number of hydrogen-bond acceptors (Lipinski definition) is 5. The Bertz CT molecular complexity index is 3550. The van der Waals surface area contributed by atoms with E-state index in [4.69, 9.17) is 24.4 Å². The molecular weight excluding hydrogens is 725 g/mol. The summed E-state index contributed by atoms with van der Waals surface area (Å²) in [5.41, 5.74) is 11.3. The van der Waals surface area contributed by atoms with Crippen LogP contribution in [0.25, 0.3) is 112 Å². The molecule has 7 nitrogen and oxygen atoms in total. The van der Waals surface area contributed by atoms with Crippen molar-refractivity contribution in [3.63, 3.8) is 0 Å². The number of aromatic nitrogens is 6. The van der Waals surface area contributed by atoms with E-state index in [1.54, 1.807) is 0 Å². The number of para-hydroxylation sites is 4. The Morgan fingerprint density at radius 2 is 0.898 bits per heavy atom. The summed E-state index contributed by atoms with van der Waals surface area (Å²) in [5.74, 6) is 2.07. The average molecular weight is 757 g/mol. The molecule has 4 heterocycles. The predicted molar refractivity (Wildman–Crippen MR) is 238 cm³/mol. The quantitative estimate of drug-likeness (QED) is 0.169. The van der Waals surface area contributed by atoms with Gasteiger partial charge in [0.1, 0.15) is 5.52 Å². The van der Waals surface area contributed by atoms with Gasteiger partial charge in [-0.1, -0.05) is 152 Å². The molecule has 0 radical (unpaired) electrons. The van der Waals surface area contributed by atoms with Crippen LogP contribution in [0.4, 0.5) is 0 Å². The van der Waals surface area contributed by atoms with Gasteiger partial charge < -0.3 is 8.98 Å². The molecule has 0 saturated heterocycles. The maximum Gasteiger partial charge on any atom is 0.238 e. The molecule has 4 aromatic heterocycles. The molecule has 59 heavy (non-hydrogen) atoms. The summed E-state index contributed by atoms with van der Waals surface area (Å²) in [6.45, 7) is 0. The molecule has 0 aliphatic rings. The van der Waals surface area contributed by atoms with Gasteiger partial charge in [-0.05, 0) is 53.6 Å². The van der Waals surface area contributed by atoms with Gasteiger partial charge in [-0.3, -0.25) is 4.57 Å². The van der Waals surface area contributed by atoms with Crippen LogP contribution in [0, 0.1) is 0 Å². The number of benzene rings is 8. The van der Waals surface area contributed by atoms with Gasteiger partial charge in [0.2, 0.25) is 11.8 Å². The third-order valence-electron chi connectivity index (χ3n) is 11.2. The SMILES string of the molecule is c1ccc(-c2nc(-c3cccc4nc(-c5ccccc5-c5ccccc5)oc34)nc(-n3c4ccccc4c4ccc5c6ccccc6n(-c6ccccc6)c5c43)n2)cc1. The van der Waals surface area contributed by atoms with Crippen LogP contribution in [0.2, 0.25) is 0 Å². The second kappa shape index (κ2) is 13.2. The third kappa shape index (κ3) is 5.22. The highest BCUT2D eigenvalue weighted by atomic mass is 16.3. The van der Waals surface area contributed by atoms with Crippen molar-refractivity contribution in [1.29, 1.82) is 0 Å². The van der Waals surface area contributed by atoms with Gasteiger partial charge in [-0.15, -0.1) is 0 Å². The molecule has 0 bridgehead atoms. The Morgan fingerprint density at radius 1 is 0.356 bits per heavy atom. The summed E-state index contributed by atoms with van der Waals surface area (Å²) in [7, 11) is 0. The summed E-state index contributed by atoms with van der Waals surface area (Å²) in [4.78, 5) is 20.9. The Hall–Kier alpha value is -8.16. The molecule has 0 spiro atoms. The molecule has 12 rings (SSSR count). The van der Waals surface area contributed by atoms with Crippen LogP contribution >= 0.6 is 0 Å². The molecule has 0 aliphatic carbocycles. The third-order valence-corrected chi connectivity index (χ3v) is 11.2. The van der Waals surface area contributed by atoms with Crippen molar-refractivity contribution in [3.05, 3.63) is 194 Å². The van der Waals surface area contributed by atoms with Gasteiger partial charge in [0, 0.05) is 38.4 Å². The van der Waals surface area contributed by atoms with Gasteiger partial charge in [-0.2, -0.15) is 9.97 Å². The van der Waals surface area contributed by atoms with Crippen molar-refractivity contribution < 1.29 is 4.42 Å². The lowest BCUT2D eigenvalue weighted by Gasteiger charge is -2.13. The first kappa shape index (κ1) is 33.0. The number of oxazole rings is 1. The summed E-state index contributed by atoms with van der Waals surface area (Å²) < 4.78 is 11.3. The van der Waals surface area contributed by atoms with E-state index < -0.39 is 0 Å². The largest absolute Gasteiger partial charge is 0.435 e. The lowest BCUT2D eigenvalue weighted by atomic mass is 10.00. The van der Waals surface area contributed by atoms with Crippen LogP contribution < -0.4 is 0 Å². The van der Waals surface area contributed by atoms with E-state index in [-0.39, 0.29) is 0 Å². The fraction of sp³-hybridized carbons (Fsp3) is 0. The average Bonchev–Trinajstić information content (AvgIpc) is 4.00. The maximum atomic E-state index is 6.75. The van der Waals surface area contributed by atoms with E-state index in [0.717, 1.165) is 77.2 Å². The molecule has 0 N–H and O–H groups in total. The number of hydrogen-bond donors (Lipinski definition) is 0. The van der Waals surface area contributed by atoms with Crippen molar-refractivity contribution in [2.24, 2.45) is 0 Å². The normalized spacial score (nSPS) is 11.7. The second-order valence-corrected chi connectivity index (χ2v) is 14.6. The minimum atomic E-state index is 0.486. The summed E-state index contributed by atoms with van der Waals surface area (Å²) in [6.07, 6.45) is 0. The molecule has 0 amide bonds. The highest BCUT2D eigenvalue weighted by Gasteiger charge is 2.24. The molecule has 0 atom stereocenters. The summed E-state index contributed by atoms with van der Waals surface area (Å²) in [6, 6.07) is 66.8. The van der Waals surface area contributed by atoms with Gasteiger partial charge >= 0.3 is 0 Å². The van der Waals surface area contributed by atoms with Crippen molar-refractivity contribution >= 4 is 54.7 Å². The van der Waals surface area contributed by atoms with Crippen LogP contribution in [-0.2, 0) is 0 Å². The minimum absolute atomic E-state index is 0.486. The first-order valence-electron chi connectivity index (χ1n) is 19.7. The lowest BCUT2D eigenvalue weighted by molar-refractivity contribution is 0.620. The molecule has 7 heteroatoms. The number of fused-ring (bicyclic) bond motifs is 8. The predicted octanol–water partition coefficient (Wildman–Crippen LogP) is 12.9. The smallest absolute Gasteiger partial charge is 0.238 e. The van der Waals surface area contributed by atoms with E-state index in [2.05, 4.69) is 124 Å². The standard InChI is InChI=1S/C52H32N6O/c1-4-17-33(18-5-1)36-23-10-11-26-41(36)51-53-43-28-16-27-42(48(43)59-51)50-54-49(34-19-6-2-7-20-34)55-52(56-50)58-45-30-15-13-25-38(45)40-32-31-39-37-24-12-14-29-44(37)57(46(39)47(40)58)35-21-8-3-9-22-35/h1-32H. The maximum absolute atomic E-state index is 6.75. The highest BCUT2D eigenvalue weighted by molar-refractivity contribution is 6.23. The van der Waals surface area contributed by atoms with E-state index in [0.29, 0.717) is 29.1 Å². The van der Waals surface area contributed by atoms with Crippen LogP contribution in [0.3, 0.4) is 0 Å². The fourth-order valence-electron chi connectivity index (χ4n) is 8.63. The zero-order chi connectivity index (χ0) is 38.9. The number of nitrogens with zero attached hydrogens (tertiary/aromatic N) is 6. The van der Waals surface area contributed by atoms with Gasteiger partial charge in [0.05, 0.1) is 27.6 Å². The monoisotopic (exact) mass is 756 g/mol. The first-order chi connectivity index (χ1) is 29.3. The molecule has 276 valence electrons. The summed E-state index contributed by atoms with van der Waals surface area (Å²) >= 11 is 0. The first-order valence-corrected chi connectivity index (χ1v) is 19.7. The Balaban J connectivity index is 1.16. The Morgan fingerprint density at radius 3 is 1.61 bits per heavy atom. The van der Waals surface area contributed by atoms with Gasteiger partial charge in [0.25, 0.3) is 0 Å². The Kier molecular flexibility index (Phi) is 7.40. The minimum Gasteiger partial charge on any atom is -0.435 e. The molecule has 0 aliphatic heterocycles. The zero-order valence-corrected chi connectivity index (χ0v) is 31.6. The van der Waals surface area contributed by atoms with Crippen molar-refractivity contribution in [1.82, 2.24) is 29.1 Å². The van der Waals surface area contributed by atoms with Gasteiger partial charge in [0.15, 0.2) is 17.2 Å². The zero-order valence-electron chi connectivity index (χ0n) is 31.6. The topological polar surface area (TPSA) is 74.6 Å². The molecule has 8 aromatic carbocycles. The van der Waals surface area contributed by atoms with Crippen LogP contribution in [0.5, 0.6) is 0 Å². The molecule has 12 aromatic rings. The highest BCUT2D eigenvalue weighted by Crippen LogP contribution is 2.42. The Labute approximate surface area is 338 Å². The van der Waals surface area contributed by atoms with Gasteiger partial charge in [-0.25, -0.2) is 9.97 Å². The number of rotatable bonds is 6. The second-order valence-electron chi connectivity index (χ2n) is 14.6. The fourth-order valence-corrected chi connectivity index (χ4v) is 8.63. The molecule has 0 fully saturated rings. The molecule has 0 unspecified atom stereocenters. The van der Waals surface area contributed by atoms with Crippen LogP contribution in [0.1, 0.15) is 0 Å². The summed E-state index contributed by atoms with van der Waals surface area (Å²) in [5, 5.41) is 4.54. The van der Waals surface area contributed by atoms with E-state index in [1.165, 1.54) is 5.39 Å².